The molecule has 0 saturated heterocycles. The molecule has 1 heterocycles. The van der Waals surface area contributed by atoms with Crippen molar-refractivity contribution in [3.05, 3.63) is 49.0 Å². The zero-order chi connectivity index (χ0) is 14.9. The summed E-state index contributed by atoms with van der Waals surface area (Å²) in [6, 6.07) is 6.45. The van der Waals surface area contributed by atoms with Crippen molar-refractivity contribution in [2.24, 2.45) is 0 Å². The highest BCUT2D eigenvalue weighted by Crippen LogP contribution is 2.33. The number of hydrogen-bond acceptors (Lipinski definition) is 3. The van der Waals surface area contributed by atoms with Crippen LogP contribution < -0.4 is 4.74 Å². The number of carbonyl (C=O) groups excluding carboxylic acids is 1. The molecule has 0 N–H and O–H groups in total. The van der Waals surface area contributed by atoms with Crippen LogP contribution in [0.5, 0.6) is 5.75 Å². The minimum atomic E-state index is -4.74. The first-order valence-electron chi connectivity index (χ1n) is 5.11. The Morgan fingerprint density at radius 2 is 1.75 bits per heavy atom. The highest BCUT2D eigenvalue weighted by Gasteiger charge is 2.31. The average Bonchev–Trinajstić information content (AvgIpc) is 2.66. The summed E-state index contributed by atoms with van der Waals surface area (Å²) in [4.78, 5) is 12.2. The van der Waals surface area contributed by atoms with E-state index in [0.29, 0.717) is 9.35 Å². The monoisotopic (exact) mass is 428 g/mol. The van der Waals surface area contributed by atoms with E-state index in [0.717, 1.165) is 15.9 Å². The van der Waals surface area contributed by atoms with Crippen molar-refractivity contribution in [1.82, 2.24) is 0 Å². The van der Waals surface area contributed by atoms with Crippen LogP contribution in [-0.2, 0) is 0 Å². The van der Waals surface area contributed by atoms with Gasteiger partial charge in [0.25, 0.3) is 0 Å². The quantitative estimate of drug-likeness (QED) is 0.610. The molecule has 2 aromatic rings. The Balaban J connectivity index is 2.22. The van der Waals surface area contributed by atoms with Gasteiger partial charge in [0, 0.05) is 11.1 Å². The molecular formula is C12H5Br2F3O2S. The summed E-state index contributed by atoms with van der Waals surface area (Å²) in [6.07, 6.45) is -4.74. The molecule has 0 fully saturated rings. The fourth-order valence-electron chi connectivity index (χ4n) is 1.46. The highest BCUT2D eigenvalue weighted by atomic mass is 79.9. The zero-order valence-corrected chi connectivity index (χ0v) is 13.5. The van der Waals surface area contributed by atoms with E-state index < -0.39 is 6.36 Å². The van der Waals surface area contributed by atoms with E-state index in [1.807, 2.05) is 0 Å². The lowest BCUT2D eigenvalue weighted by Crippen LogP contribution is -2.17. The van der Waals surface area contributed by atoms with E-state index in [-0.39, 0.29) is 17.1 Å². The van der Waals surface area contributed by atoms with Crippen LogP contribution in [0, 0.1) is 0 Å². The van der Waals surface area contributed by atoms with Crippen molar-refractivity contribution in [1.29, 1.82) is 0 Å². The molecular weight excluding hydrogens is 425 g/mol. The topological polar surface area (TPSA) is 26.3 Å². The van der Waals surface area contributed by atoms with Crippen LogP contribution in [0.15, 0.2) is 37.9 Å². The number of halogens is 5. The van der Waals surface area contributed by atoms with Gasteiger partial charge in [-0.15, -0.1) is 24.5 Å². The minimum absolute atomic E-state index is 0.280. The number of rotatable bonds is 3. The second-order valence-corrected chi connectivity index (χ2v) is 7.39. The number of benzene rings is 1. The summed E-state index contributed by atoms with van der Waals surface area (Å²) >= 11 is 7.87. The molecule has 0 aliphatic carbocycles. The molecule has 0 bridgehead atoms. The molecule has 2 nitrogen and oxygen atoms in total. The second-order valence-electron chi connectivity index (χ2n) is 3.64. The molecule has 8 heteroatoms. The van der Waals surface area contributed by atoms with Gasteiger partial charge < -0.3 is 4.74 Å². The van der Waals surface area contributed by atoms with Gasteiger partial charge in [-0.2, -0.15) is 0 Å². The molecule has 0 unspecified atom stereocenters. The van der Waals surface area contributed by atoms with Gasteiger partial charge in [0.1, 0.15) is 5.75 Å². The highest BCUT2D eigenvalue weighted by molar-refractivity contribution is 9.12. The van der Waals surface area contributed by atoms with E-state index >= 15 is 0 Å². The molecule has 1 aromatic carbocycles. The first-order chi connectivity index (χ1) is 9.26. The number of ether oxygens (including phenoxy) is 1. The zero-order valence-electron chi connectivity index (χ0n) is 9.50. The SMILES string of the molecule is O=C(c1ccc(OC(F)(F)F)cc1)c1cc(Br)sc1Br. The molecule has 0 aliphatic heterocycles. The molecule has 0 radical (unpaired) electrons. The maximum atomic E-state index is 12.2. The first kappa shape index (κ1) is 15.5. The number of ketones is 1. The van der Waals surface area contributed by atoms with Crippen LogP contribution in [0.25, 0.3) is 0 Å². The number of alkyl halides is 3. The number of hydrogen-bond donors (Lipinski definition) is 0. The fraction of sp³-hybridized carbons (Fsp3) is 0.0833. The molecule has 2 rings (SSSR count). The largest absolute Gasteiger partial charge is 0.573 e. The normalized spacial score (nSPS) is 11.4. The molecule has 0 amide bonds. The summed E-state index contributed by atoms with van der Waals surface area (Å²) in [6.45, 7) is 0. The van der Waals surface area contributed by atoms with Crippen molar-refractivity contribution in [2.45, 2.75) is 6.36 Å². The lowest BCUT2D eigenvalue weighted by atomic mass is 10.1. The van der Waals surface area contributed by atoms with Gasteiger partial charge in [0.15, 0.2) is 5.78 Å². The summed E-state index contributed by atoms with van der Waals surface area (Å²) in [7, 11) is 0. The third kappa shape index (κ3) is 3.83. The molecule has 0 saturated carbocycles. The summed E-state index contributed by atoms with van der Waals surface area (Å²) in [5, 5.41) is 0. The lowest BCUT2D eigenvalue weighted by Gasteiger charge is -2.08. The standard InChI is InChI=1S/C12H5Br2F3O2S/c13-9-5-8(11(14)20-9)10(18)6-1-3-7(4-2-6)19-12(15,16)17/h1-5H. The van der Waals surface area contributed by atoms with Gasteiger partial charge in [-0.1, -0.05) is 0 Å². The average molecular weight is 430 g/mol. The summed E-state index contributed by atoms with van der Waals surface area (Å²) in [5.41, 5.74) is 0.733. The third-order valence-electron chi connectivity index (χ3n) is 2.25. The van der Waals surface area contributed by atoms with Gasteiger partial charge in [0.2, 0.25) is 0 Å². The van der Waals surface area contributed by atoms with E-state index in [2.05, 4.69) is 36.6 Å². The minimum Gasteiger partial charge on any atom is -0.406 e. The Morgan fingerprint density at radius 1 is 1.15 bits per heavy atom. The van der Waals surface area contributed by atoms with Crippen molar-refractivity contribution >= 4 is 49.0 Å². The Labute approximate surface area is 132 Å². The van der Waals surface area contributed by atoms with Gasteiger partial charge in [-0.05, 0) is 62.2 Å². The second kappa shape index (κ2) is 5.87. The maximum absolute atomic E-state index is 12.2. The van der Waals surface area contributed by atoms with E-state index in [1.165, 1.54) is 23.5 Å². The van der Waals surface area contributed by atoms with Crippen LogP contribution in [0.1, 0.15) is 15.9 Å². The smallest absolute Gasteiger partial charge is 0.406 e. The third-order valence-corrected chi connectivity index (χ3v) is 4.59. The Bertz CT molecular complexity index is 635. The summed E-state index contributed by atoms with van der Waals surface area (Å²) < 4.78 is 41.2. The van der Waals surface area contributed by atoms with Crippen LogP contribution >= 0.6 is 43.2 Å². The van der Waals surface area contributed by atoms with Crippen molar-refractivity contribution in [2.75, 3.05) is 0 Å². The molecule has 0 aliphatic rings. The molecule has 20 heavy (non-hydrogen) atoms. The van der Waals surface area contributed by atoms with Gasteiger partial charge in [-0.25, -0.2) is 0 Å². The molecule has 0 atom stereocenters. The van der Waals surface area contributed by atoms with E-state index in [4.69, 9.17) is 0 Å². The first-order valence-corrected chi connectivity index (χ1v) is 7.52. The van der Waals surface area contributed by atoms with Crippen LogP contribution in [-0.4, -0.2) is 12.1 Å². The van der Waals surface area contributed by atoms with Crippen molar-refractivity contribution < 1.29 is 22.7 Å². The fourth-order valence-corrected chi connectivity index (χ4v) is 4.25. The van der Waals surface area contributed by atoms with Crippen LogP contribution in [0.2, 0.25) is 0 Å². The molecule has 1 aromatic heterocycles. The van der Waals surface area contributed by atoms with Crippen molar-refractivity contribution in [3.8, 4) is 5.75 Å². The van der Waals surface area contributed by atoms with Crippen LogP contribution in [0.3, 0.4) is 0 Å². The van der Waals surface area contributed by atoms with E-state index in [1.54, 1.807) is 6.07 Å². The summed E-state index contributed by atoms with van der Waals surface area (Å²) in [5.74, 6) is -0.642. The predicted octanol–water partition coefficient (Wildman–Crippen LogP) is 5.40. The molecule has 0 spiro atoms. The molecule has 106 valence electrons. The Morgan fingerprint density at radius 3 is 2.20 bits per heavy atom. The Kier molecular flexibility index (Phi) is 4.55. The Hall–Kier alpha value is -0.860. The van der Waals surface area contributed by atoms with Gasteiger partial charge >= 0.3 is 6.36 Å². The number of thiophene rings is 1. The predicted molar refractivity (Wildman–Crippen MR) is 76.3 cm³/mol. The van der Waals surface area contributed by atoms with Gasteiger partial charge in [-0.3, -0.25) is 4.79 Å². The number of carbonyl (C=O) groups is 1. The van der Waals surface area contributed by atoms with E-state index in [9.17, 15) is 18.0 Å². The van der Waals surface area contributed by atoms with Crippen molar-refractivity contribution in [3.63, 3.8) is 0 Å². The lowest BCUT2D eigenvalue weighted by molar-refractivity contribution is -0.274. The maximum Gasteiger partial charge on any atom is 0.573 e. The van der Waals surface area contributed by atoms with Crippen LogP contribution in [0.4, 0.5) is 13.2 Å². The van der Waals surface area contributed by atoms with Gasteiger partial charge in [0.05, 0.1) is 7.57 Å².